The number of benzene rings is 3. The van der Waals surface area contributed by atoms with Crippen LogP contribution in [0.5, 0.6) is 0 Å². The number of unbranched alkanes of at least 4 members (excludes halogenated alkanes) is 2. The summed E-state index contributed by atoms with van der Waals surface area (Å²) in [7, 11) is 0. The Kier molecular flexibility index (Phi) is 7.70. The van der Waals surface area contributed by atoms with Crippen molar-refractivity contribution in [1.82, 2.24) is 4.98 Å². The first kappa shape index (κ1) is 24.0. The van der Waals surface area contributed by atoms with E-state index in [1.54, 1.807) is 0 Å². The molecule has 34 heavy (non-hydrogen) atoms. The van der Waals surface area contributed by atoms with E-state index in [2.05, 4.69) is 24.8 Å². The number of aliphatic carboxylic acids is 1. The van der Waals surface area contributed by atoms with Crippen molar-refractivity contribution in [3.63, 3.8) is 0 Å². The molecule has 0 saturated carbocycles. The van der Waals surface area contributed by atoms with Gasteiger partial charge in [-0.2, -0.15) is 0 Å². The minimum absolute atomic E-state index is 0.184. The van der Waals surface area contributed by atoms with E-state index in [1.165, 1.54) is 0 Å². The molecule has 0 saturated heterocycles. The quantitative estimate of drug-likeness (QED) is 0.124. The van der Waals surface area contributed by atoms with Crippen molar-refractivity contribution in [2.45, 2.75) is 44.4 Å². The maximum Gasteiger partial charge on any atom is 0.303 e. The van der Waals surface area contributed by atoms with Crippen LogP contribution in [0.3, 0.4) is 0 Å². The van der Waals surface area contributed by atoms with Crippen molar-refractivity contribution in [1.29, 1.82) is 0 Å². The van der Waals surface area contributed by atoms with Crippen LogP contribution in [-0.4, -0.2) is 40.2 Å². The molecule has 2 aromatic rings. The highest BCUT2D eigenvalue weighted by Crippen LogP contribution is 2.33. The van der Waals surface area contributed by atoms with E-state index >= 15 is 0 Å². The summed E-state index contributed by atoms with van der Waals surface area (Å²) in [4.78, 5) is 23.4. The van der Waals surface area contributed by atoms with Gasteiger partial charge in [0.05, 0.1) is 5.36 Å². The van der Waals surface area contributed by atoms with Crippen LogP contribution in [0.15, 0.2) is 56.8 Å². The fraction of sp³-hybridized carbons (Fsp3) is 0.346. The van der Waals surface area contributed by atoms with Crippen molar-refractivity contribution in [3.05, 3.63) is 47.8 Å². The molecule has 178 valence electrons. The molecule has 2 aliphatic rings. The van der Waals surface area contributed by atoms with E-state index in [0.717, 1.165) is 69.4 Å². The van der Waals surface area contributed by atoms with E-state index in [1.807, 2.05) is 36.4 Å². The lowest BCUT2D eigenvalue weighted by atomic mass is 10.0. The number of anilines is 1. The van der Waals surface area contributed by atoms with Crippen LogP contribution in [-0.2, 0) is 4.79 Å². The van der Waals surface area contributed by atoms with E-state index in [4.69, 9.17) is 19.5 Å². The van der Waals surface area contributed by atoms with Crippen LogP contribution in [0.4, 0.5) is 5.69 Å². The van der Waals surface area contributed by atoms with Gasteiger partial charge in [0.1, 0.15) is 11.2 Å². The average Bonchev–Trinajstić information content (AvgIpc) is 2.85. The SMILES string of the molecule is CCN(CC)c1ccc2nc3c4ccc(SO)cc4/c(=N\CCCCCC(=O)O)cc-3oc2c1. The Morgan fingerprint density at radius 2 is 1.88 bits per heavy atom. The Hall–Kier alpha value is -3.10. The minimum Gasteiger partial charge on any atom is -0.481 e. The molecule has 1 aliphatic heterocycles. The van der Waals surface area contributed by atoms with E-state index in [9.17, 15) is 9.35 Å². The minimum atomic E-state index is -0.767. The van der Waals surface area contributed by atoms with Gasteiger partial charge in [-0.25, -0.2) is 4.98 Å². The Labute approximate surface area is 202 Å². The Morgan fingerprint density at radius 1 is 1.06 bits per heavy atom. The van der Waals surface area contributed by atoms with Crippen LogP contribution < -0.4 is 10.3 Å². The molecule has 0 aromatic heterocycles. The van der Waals surface area contributed by atoms with Gasteiger partial charge in [0.2, 0.25) is 0 Å². The summed E-state index contributed by atoms with van der Waals surface area (Å²) >= 11 is 0.701. The molecule has 0 amide bonds. The zero-order chi connectivity index (χ0) is 24.1. The van der Waals surface area contributed by atoms with Crippen LogP contribution in [0.2, 0.25) is 0 Å². The van der Waals surface area contributed by atoms with Crippen LogP contribution >= 0.6 is 12.0 Å². The maximum absolute atomic E-state index is 10.7. The fourth-order valence-corrected chi connectivity index (χ4v) is 4.49. The van der Waals surface area contributed by atoms with Crippen LogP contribution in [0, 0.1) is 0 Å². The summed E-state index contributed by atoms with van der Waals surface area (Å²) in [5.41, 5.74) is 3.36. The molecule has 0 unspecified atom stereocenters. The number of carboxylic acids is 1. The zero-order valence-corrected chi connectivity index (χ0v) is 20.3. The summed E-state index contributed by atoms with van der Waals surface area (Å²) < 4.78 is 15.9. The second kappa shape index (κ2) is 10.9. The first-order valence-corrected chi connectivity index (χ1v) is 12.4. The first-order chi connectivity index (χ1) is 16.5. The number of carboxylic acid groups (broad SMARTS) is 1. The second-order valence-electron chi connectivity index (χ2n) is 8.17. The highest BCUT2D eigenvalue weighted by atomic mass is 32.2. The molecule has 0 radical (unpaired) electrons. The first-order valence-electron chi connectivity index (χ1n) is 11.6. The van der Waals surface area contributed by atoms with Gasteiger partial charge in [0.15, 0.2) is 11.3 Å². The molecule has 2 N–H and O–H groups in total. The lowest BCUT2D eigenvalue weighted by Gasteiger charge is -2.21. The van der Waals surface area contributed by atoms with Crippen molar-refractivity contribution >= 4 is 45.6 Å². The van der Waals surface area contributed by atoms with Gasteiger partial charge in [-0.1, -0.05) is 12.5 Å². The standard InChI is InChI=1S/C26H29N3O4S/c1-3-29(4-2)17-9-12-21-23(14-17)33-24-16-22(27-13-7-5-6-8-25(30)31)20-15-18(34-32)10-11-19(20)26(24)28-21/h9-12,14-16,32H,3-8,13H2,1-2H3,(H,30,31)/b27-22-. The van der Waals surface area contributed by atoms with Gasteiger partial charge in [-0.3, -0.25) is 9.79 Å². The van der Waals surface area contributed by atoms with Crippen LogP contribution in [0.1, 0.15) is 39.5 Å². The van der Waals surface area contributed by atoms with Crippen molar-refractivity contribution < 1.29 is 18.9 Å². The average molecular weight is 480 g/mol. The van der Waals surface area contributed by atoms with Gasteiger partial charge < -0.3 is 19.0 Å². The molecule has 2 aromatic carbocycles. The number of hydrogen-bond donors (Lipinski definition) is 2. The molecule has 0 bridgehead atoms. The Bertz CT molecular complexity index is 1350. The molecule has 1 aliphatic carbocycles. The largest absolute Gasteiger partial charge is 0.481 e. The molecule has 0 spiro atoms. The van der Waals surface area contributed by atoms with Gasteiger partial charge in [-0.05, 0) is 51.0 Å². The highest BCUT2D eigenvalue weighted by molar-refractivity contribution is 7.93. The number of rotatable bonds is 10. The molecule has 0 atom stereocenters. The van der Waals surface area contributed by atoms with Gasteiger partial charge >= 0.3 is 5.97 Å². The number of aromatic nitrogens is 1. The number of fused-ring (bicyclic) bond motifs is 4. The lowest BCUT2D eigenvalue weighted by Crippen LogP contribution is -2.21. The maximum atomic E-state index is 10.7. The van der Waals surface area contributed by atoms with Crippen molar-refractivity contribution in [2.75, 3.05) is 24.5 Å². The lowest BCUT2D eigenvalue weighted by molar-refractivity contribution is -0.137. The smallest absolute Gasteiger partial charge is 0.303 e. The molecule has 0 fully saturated rings. The fourth-order valence-electron chi connectivity index (χ4n) is 4.19. The third-order valence-corrected chi connectivity index (χ3v) is 6.45. The molecule has 1 heterocycles. The predicted molar refractivity (Wildman–Crippen MR) is 137 cm³/mol. The summed E-state index contributed by atoms with van der Waals surface area (Å²) in [6.07, 6.45) is 2.45. The molecule has 4 rings (SSSR count). The molecular formula is C26H29N3O4S. The number of nitrogens with zero attached hydrogens (tertiary/aromatic N) is 3. The van der Waals surface area contributed by atoms with E-state index < -0.39 is 5.97 Å². The number of hydrogen-bond acceptors (Lipinski definition) is 7. The van der Waals surface area contributed by atoms with Gasteiger partial charge in [0.25, 0.3) is 0 Å². The number of carbonyl (C=O) groups is 1. The Balaban J connectivity index is 1.80. The normalized spacial score (nSPS) is 12.1. The van der Waals surface area contributed by atoms with Gasteiger partial charge in [-0.15, -0.1) is 0 Å². The van der Waals surface area contributed by atoms with Gasteiger partial charge in [0, 0.05) is 71.6 Å². The van der Waals surface area contributed by atoms with Crippen molar-refractivity contribution in [2.24, 2.45) is 4.99 Å². The zero-order valence-electron chi connectivity index (χ0n) is 19.5. The topological polar surface area (TPSA) is 99.2 Å². The van der Waals surface area contributed by atoms with E-state index in [-0.39, 0.29) is 6.42 Å². The summed E-state index contributed by atoms with van der Waals surface area (Å²) in [6.45, 7) is 6.67. The third-order valence-electron chi connectivity index (χ3n) is 5.98. The third kappa shape index (κ3) is 5.18. The summed E-state index contributed by atoms with van der Waals surface area (Å²) in [5, 5.41) is 11.4. The highest BCUT2D eigenvalue weighted by Gasteiger charge is 2.16. The second-order valence-corrected chi connectivity index (χ2v) is 8.82. The molecule has 8 heteroatoms. The van der Waals surface area contributed by atoms with Crippen molar-refractivity contribution in [3.8, 4) is 11.5 Å². The van der Waals surface area contributed by atoms with Crippen LogP contribution in [0.25, 0.3) is 33.3 Å². The summed E-state index contributed by atoms with van der Waals surface area (Å²) in [6, 6.07) is 13.7. The molecule has 7 nitrogen and oxygen atoms in total. The molecular weight excluding hydrogens is 450 g/mol. The monoisotopic (exact) mass is 479 g/mol. The summed E-state index contributed by atoms with van der Waals surface area (Å²) in [5.74, 6) is -0.109. The van der Waals surface area contributed by atoms with E-state index in [0.29, 0.717) is 30.8 Å². The Morgan fingerprint density at radius 3 is 2.62 bits per heavy atom. The predicted octanol–water partition coefficient (Wildman–Crippen LogP) is 6.04.